The van der Waals surface area contributed by atoms with Gasteiger partial charge >= 0.3 is 0 Å². The first kappa shape index (κ1) is 13.5. The minimum Gasteiger partial charge on any atom is -1.00 e. The molecule has 2 saturated carbocycles. The zero-order chi connectivity index (χ0) is 11.3. The Hall–Kier alpha value is -0.590. The van der Waals surface area contributed by atoms with Crippen LogP contribution in [0.4, 0.5) is 0 Å². The molecule has 2 atom stereocenters. The predicted octanol–water partition coefficient (Wildman–Crippen LogP) is -4.21. The molecule has 0 unspecified atom stereocenters. The summed E-state index contributed by atoms with van der Waals surface area (Å²) in [5.41, 5.74) is 2.95. The standard InChI is InChI=1S/C9H14N2O3S.ClH/c1-2-6-5-9(6,10)8(12)11-15(13,14)7-3-4-7;/h2,6-7H,1,3-5,10H2,(H,11,12);1H/t6-,9-;/m1./s1. The monoisotopic (exact) mass is 266 g/mol. The van der Waals surface area contributed by atoms with E-state index in [-0.39, 0.29) is 23.6 Å². The predicted molar refractivity (Wildman–Crippen MR) is 54.0 cm³/mol. The number of sulfonamides is 1. The Labute approximate surface area is 101 Å². The van der Waals surface area contributed by atoms with Crippen LogP contribution in [0.3, 0.4) is 0 Å². The average molecular weight is 267 g/mol. The van der Waals surface area contributed by atoms with Gasteiger partial charge in [-0.15, -0.1) is 6.58 Å². The molecule has 2 rings (SSSR count). The quantitative estimate of drug-likeness (QED) is 0.506. The van der Waals surface area contributed by atoms with E-state index < -0.39 is 21.5 Å². The van der Waals surface area contributed by atoms with Gasteiger partial charge in [0.25, 0.3) is 5.91 Å². The van der Waals surface area contributed by atoms with Gasteiger partial charge in [-0.25, -0.2) is 13.1 Å². The number of amides is 1. The number of rotatable bonds is 4. The Morgan fingerprint density at radius 1 is 1.50 bits per heavy atom. The summed E-state index contributed by atoms with van der Waals surface area (Å²) in [6.07, 6.45) is 3.54. The lowest BCUT2D eigenvalue weighted by Gasteiger charge is -2.08. The Morgan fingerprint density at radius 3 is 2.44 bits per heavy atom. The maximum absolute atomic E-state index is 11.6. The summed E-state index contributed by atoms with van der Waals surface area (Å²) in [5, 5.41) is -0.369. The molecule has 0 saturated heterocycles. The second-order valence-corrected chi connectivity index (χ2v) is 6.34. The smallest absolute Gasteiger partial charge is 0.295 e. The van der Waals surface area contributed by atoms with E-state index in [0.29, 0.717) is 19.3 Å². The summed E-state index contributed by atoms with van der Waals surface area (Å²) in [5.74, 6) is -0.480. The second kappa shape index (κ2) is 4.01. The van der Waals surface area contributed by atoms with Crippen molar-refractivity contribution >= 4 is 15.9 Å². The molecule has 2 aliphatic carbocycles. The van der Waals surface area contributed by atoms with E-state index in [1.807, 2.05) is 0 Å². The zero-order valence-electron chi connectivity index (χ0n) is 8.78. The van der Waals surface area contributed by atoms with Gasteiger partial charge in [0, 0.05) is 12.3 Å². The Bertz CT molecular complexity index is 418. The van der Waals surface area contributed by atoms with Crippen LogP contribution in [0.25, 0.3) is 0 Å². The van der Waals surface area contributed by atoms with Crippen molar-refractivity contribution in [3.63, 3.8) is 0 Å². The maximum atomic E-state index is 11.6. The lowest BCUT2D eigenvalue weighted by Crippen LogP contribution is -3.00. The third kappa shape index (κ3) is 2.23. The molecule has 92 valence electrons. The molecule has 1 amide bonds. The molecular formula is C9H15ClN2O3S. The van der Waals surface area contributed by atoms with E-state index in [9.17, 15) is 13.2 Å². The molecule has 2 aliphatic rings. The highest BCUT2D eigenvalue weighted by Gasteiger charge is 2.61. The first-order valence-electron chi connectivity index (χ1n) is 4.94. The summed E-state index contributed by atoms with van der Waals surface area (Å²) < 4.78 is 25.1. The van der Waals surface area contributed by atoms with Crippen LogP contribution in [0.5, 0.6) is 0 Å². The summed E-state index contributed by atoms with van der Waals surface area (Å²) in [6, 6.07) is 0. The van der Waals surface area contributed by atoms with Gasteiger partial charge in [-0.1, -0.05) is 6.08 Å². The van der Waals surface area contributed by atoms with Crippen molar-refractivity contribution in [1.82, 2.24) is 4.72 Å². The van der Waals surface area contributed by atoms with Crippen LogP contribution in [0.1, 0.15) is 19.3 Å². The van der Waals surface area contributed by atoms with Crippen LogP contribution in [0, 0.1) is 5.92 Å². The fourth-order valence-corrected chi connectivity index (χ4v) is 2.98. The van der Waals surface area contributed by atoms with Crippen molar-refractivity contribution in [1.29, 1.82) is 0 Å². The average Bonchev–Trinajstić information content (AvgIpc) is 2.97. The van der Waals surface area contributed by atoms with Gasteiger partial charge in [-0.05, 0) is 12.8 Å². The topological polar surface area (TPSA) is 90.9 Å². The number of hydrogen-bond donors (Lipinski definition) is 2. The molecule has 16 heavy (non-hydrogen) atoms. The second-order valence-electron chi connectivity index (χ2n) is 4.38. The van der Waals surface area contributed by atoms with Crippen molar-refractivity contribution in [2.24, 2.45) is 5.92 Å². The van der Waals surface area contributed by atoms with E-state index in [1.165, 1.54) is 0 Å². The van der Waals surface area contributed by atoms with Crippen LogP contribution in [-0.2, 0) is 14.8 Å². The summed E-state index contributed by atoms with van der Waals surface area (Å²) in [7, 11) is -3.43. The maximum Gasteiger partial charge on any atom is 0.295 e. The van der Waals surface area contributed by atoms with E-state index >= 15 is 0 Å². The lowest BCUT2D eigenvalue weighted by molar-refractivity contribution is -0.423. The van der Waals surface area contributed by atoms with E-state index in [0.717, 1.165) is 0 Å². The van der Waals surface area contributed by atoms with Crippen LogP contribution < -0.4 is 22.9 Å². The minimum absolute atomic E-state index is 0. The molecule has 2 fully saturated rings. The molecule has 0 aliphatic heterocycles. The lowest BCUT2D eigenvalue weighted by atomic mass is 10.2. The molecule has 5 nitrogen and oxygen atoms in total. The van der Waals surface area contributed by atoms with E-state index in [2.05, 4.69) is 17.0 Å². The summed E-state index contributed by atoms with van der Waals surface area (Å²) >= 11 is 0. The molecule has 0 radical (unpaired) electrons. The van der Waals surface area contributed by atoms with Gasteiger partial charge in [0.1, 0.15) is 0 Å². The molecular weight excluding hydrogens is 252 g/mol. The SMILES string of the molecule is C=C[C@@H]1C[C@]1([NH3+])C(=O)NS(=O)(=O)C1CC1.[Cl-]. The van der Waals surface area contributed by atoms with Gasteiger partial charge < -0.3 is 18.1 Å². The molecule has 0 heterocycles. The molecule has 4 N–H and O–H groups in total. The van der Waals surface area contributed by atoms with Crippen LogP contribution in [-0.4, -0.2) is 25.1 Å². The number of hydrogen-bond acceptors (Lipinski definition) is 3. The highest BCUT2D eigenvalue weighted by molar-refractivity contribution is 7.90. The molecule has 0 spiro atoms. The highest BCUT2D eigenvalue weighted by Crippen LogP contribution is 2.40. The normalized spacial score (nSPS) is 32.4. The third-order valence-corrected chi connectivity index (χ3v) is 4.89. The number of nitrogens with one attached hydrogen (secondary N) is 1. The van der Waals surface area contributed by atoms with E-state index in [1.54, 1.807) is 6.08 Å². The van der Waals surface area contributed by atoms with Gasteiger partial charge in [-0.2, -0.15) is 0 Å². The fraction of sp³-hybridized carbons (Fsp3) is 0.667. The highest BCUT2D eigenvalue weighted by atomic mass is 35.5. The molecule has 0 aromatic heterocycles. The third-order valence-electron chi connectivity index (χ3n) is 3.07. The molecule has 0 aromatic rings. The van der Waals surface area contributed by atoms with E-state index in [4.69, 9.17) is 0 Å². The number of carbonyl (C=O) groups is 1. The molecule has 0 aromatic carbocycles. The van der Waals surface area contributed by atoms with Crippen molar-refractivity contribution in [3.05, 3.63) is 12.7 Å². The summed E-state index contributed by atoms with van der Waals surface area (Å²) in [6.45, 7) is 3.58. The number of quaternary nitrogens is 1. The minimum atomic E-state index is -3.43. The molecule has 7 heteroatoms. The Morgan fingerprint density at radius 2 is 2.06 bits per heavy atom. The Balaban J connectivity index is 0.00000128. The first-order chi connectivity index (χ1) is 6.90. The van der Waals surface area contributed by atoms with Crippen molar-refractivity contribution in [2.45, 2.75) is 30.1 Å². The van der Waals surface area contributed by atoms with Crippen molar-refractivity contribution < 1.29 is 31.4 Å². The van der Waals surface area contributed by atoms with Crippen LogP contribution in [0.15, 0.2) is 12.7 Å². The van der Waals surface area contributed by atoms with Crippen LogP contribution in [0.2, 0.25) is 0 Å². The van der Waals surface area contributed by atoms with Crippen molar-refractivity contribution in [2.75, 3.05) is 0 Å². The van der Waals surface area contributed by atoms with Gasteiger partial charge in [-0.3, -0.25) is 4.79 Å². The van der Waals surface area contributed by atoms with Gasteiger partial charge in [0.2, 0.25) is 10.0 Å². The first-order valence-corrected chi connectivity index (χ1v) is 6.49. The van der Waals surface area contributed by atoms with Gasteiger partial charge in [0.15, 0.2) is 5.54 Å². The van der Waals surface area contributed by atoms with Crippen molar-refractivity contribution in [3.8, 4) is 0 Å². The summed E-state index contributed by atoms with van der Waals surface area (Å²) in [4.78, 5) is 11.6. The Kier molecular flexibility index (Phi) is 3.38. The van der Waals surface area contributed by atoms with Gasteiger partial charge in [0.05, 0.1) is 5.25 Å². The molecule has 0 bridgehead atoms. The number of halogens is 1. The zero-order valence-corrected chi connectivity index (χ0v) is 10.4. The number of carbonyl (C=O) groups excluding carboxylic acids is 1. The van der Waals surface area contributed by atoms with Crippen LogP contribution >= 0.6 is 0 Å². The fourth-order valence-electron chi connectivity index (χ4n) is 1.60. The largest absolute Gasteiger partial charge is 1.00 e.